The Morgan fingerprint density at radius 1 is 0.548 bits per heavy atom. The Labute approximate surface area is 187 Å². The summed E-state index contributed by atoms with van der Waals surface area (Å²) in [6.07, 6.45) is 10.4. The zero-order valence-electron chi connectivity index (χ0n) is 17.4. The van der Waals surface area contributed by atoms with Crippen molar-refractivity contribution in [3.63, 3.8) is 0 Å². The first-order valence-corrected chi connectivity index (χ1v) is 15.4. The molecule has 4 aromatic carbocycles. The quantitative estimate of drug-likeness (QED) is 0.325. The van der Waals surface area contributed by atoms with Gasteiger partial charge in [-0.1, -0.05) is 0 Å². The molecule has 2 aliphatic rings. The van der Waals surface area contributed by atoms with E-state index in [2.05, 4.69) is 127 Å². The number of benzene rings is 4. The summed E-state index contributed by atoms with van der Waals surface area (Å²) in [6, 6.07) is 38.7. The van der Waals surface area contributed by atoms with E-state index in [0.717, 1.165) is 6.42 Å². The Hall–Kier alpha value is -3.10. The summed E-state index contributed by atoms with van der Waals surface area (Å²) in [5, 5.41) is 0. The van der Waals surface area contributed by atoms with Gasteiger partial charge in [0.05, 0.1) is 0 Å². The number of allylic oxidation sites excluding steroid dienone is 4. The first kappa shape index (κ1) is 18.7. The normalized spacial score (nSPS) is 14.6. The van der Waals surface area contributed by atoms with E-state index in [1.807, 2.05) is 0 Å². The molecule has 0 heterocycles. The Kier molecular flexibility index (Phi) is 4.54. The van der Waals surface area contributed by atoms with Crippen molar-refractivity contribution in [2.24, 2.45) is 0 Å². The van der Waals surface area contributed by atoms with E-state index in [4.69, 9.17) is 0 Å². The van der Waals surface area contributed by atoms with Gasteiger partial charge in [-0.15, -0.1) is 0 Å². The second-order valence-electron chi connectivity index (χ2n) is 8.50. The van der Waals surface area contributed by atoms with Gasteiger partial charge in [0.1, 0.15) is 0 Å². The molecule has 31 heavy (non-hydrogen) atoms. The third-order valence-electron chi connectivity index (χ3n) is 6.98. The zero-order chi connectivity index (χ0) is 20.7. The predicted octanol–water partition coefficient (Wildman–Crippen LogP) is 5.22. The first-order valence-electron chi connectivity index (χ1n) is 11.1. The van der Waals surface area contributed by atoms with Crippen LogP contribution in [0.4, 0.5) is 0 Å². The van der Waals surface area contributed by atoms with Crippen molar-refractivity contribution in [1.29, 1.82) is 0 Å². The van der Waals surface area contributed by atoms with Crippen LogP contribution in [0.2, 0.25) is 4.75 Å². The monoisotopic (exact) mass is 458 g/mol. The third kappa shape index (κ3) is 2.82. The van der Waals surface area contributed by atoms with Gasteiger partial charge in [-0.2, -0.15) is 0 Å². The number of hydrogen-bond acceptors (Lipinski definition) is 0. The van der Waals surface area contributed by atoms with Crippen molar-refractivity contribution >= 4 is 26.5 Å². The van der Waals surface area contributed by atoms with Gasteiger partial charge in [0.15, 0.2) is 0 Å². The first-order chi connectivity index (χ1) is 15.4. The van der Waals surface area contributed by atoms with Crippen LogP contribution in [0.5, 0.6) is 0 Å². The average Bonchev–Trinajstić information content (AvgIpc) is 3.50. The van der Waals surface area contributed by atoms with Crippen LogP contribution < -0.4 is 13.2 Å². The van der Waals surface area contributed by atoms with E-state index < -0.39 is 13.3 Å². The van der Waals surface area contributed by atoms with E-state index in [1.54, 1.807) is 9.96 Å². The number of rotatable bonds is 4. The molecule has 0 fully saturated rings. The van der Waals surface area contributed by atoms with Gasteiger partial charge >= 0.3 is 187 Å². The van der Waals surface area contributed by atoms with Crippen LogP contribution in [0.25, 0.3) is 11.1 Å². The molecule has 0 spiro atoms. The van der Waals surface area contributed by atoms with Gasteiger partial charge in [0.2, 0.25) is 0 Å². The van der Waals surface area contributed by atoms with Crippen LogP contribution in [0, 0.1) is 0 Å². The predicted molar refractivity (Wildman–Crippen MR) is 134 cm³/mol. The summed E-state index contributed by atoms with van der Waals surface area (Å²) >= 11 is -3.09. The molecular formula is C30H24Ge. The third-order valence-corrected chi connectivity index (χ3v) is 17.9. The molecule has 6 rings (SSSR count). The molecule has 0 nitrogen and oxygen atoms in total. The minimum absolute atomic E-state index is 0.444. The second-order valence-corrected chi connectivity index (χ2v) is 16.8. The maximum atomic E-state index is 2.45. The molecule has 0 bridgehead atoms. The SMILES string of the molecule is C1=C[CH]([Ge]([c]2ccccc2)([c]2ccccc2)[c]2cccc3c2Cc2ccccc2-3)C=C1. The van der Waals surface area contributed by atoms with Crippen LogP contribution in [-0.2, 0) is 6.42 Å². The van der Waals surface area contributed by atoms with Crippen molar-refractivity contribution in [2.45, 2.75) is 11.2 Å². The zero-order valence-corrected chi connectivity index (χ0v) is 19.5. The Bertz CT molecular complexity index is 1250. The molecule has 0 amide bonds. The summed E-state index contributed by atoms with van der Waals surface area (Å²) < 4.78 is 5.10. The Morgan fingerprint density at radius 3 is 1.81 bits per heavy atom. The molecule has 0 radical (unpaired) electrons. The van der Waals surface area contributed by atoms with Gasteiger partial charge in [-0.05, 0) is 0 Å². The van der Waals surface area contributed by atoms with E-state index in [0.29, 0.717) is 4.75 Å². The molecule has 148 valence electrons. The van der Waals surface area contributed by atoms with Gasteiger partial charge in [-0.25, -0.2) is 0 Å². The maximum absolute atomic E-state index is 3.09. The van der Waals surface area contributed by atoms with Gasteiger partial charge < -0.3 is 0 Å². The molecule has 0 unspecified atom stereocenters. The number of fused-ring (bicyclic) bond motifs is 3. The van der Waals surface area contributed by atoms with Gasteiger partial charge in [0.25, 0.3) is 0 Å². The summed E-state index contributed by atoms with van der Waals surface area (Å²) in [6.45, 7) is 0. The van der Waals surface area contributed by atoms with Crippen molar-refractivity contribution in [1.82, 2.24) is 0 Å². The molecule has 0 N–H and O–H groups in total. The molecule has 0 atom stereocenters. The van der Waals surface area contributed by atoms with E-state index >= 15 is 0 Å². The molecule has 2 aliphatic carbocycles. The van der Waals surface area contributed by atoms with E-state index in [-0.39, 0.29) is 0 Å². The van der Waals surface area contributed by atoms with Crippen molar-refractivity contribution in [2.75, 3.05) is 0 Å². The molecule has 1 heteroatoms. The van der Waals surface area contributed by atoms with Crippen LogP contribution in [0.1, 0.15) is 11.1 Å². The van der Waals surface area contributed by atoms with Crippen LogP contribution in [-0.4, -0.2) is 13.3 Å². The topological polar surface area (TPSA) is 0 Å². The Balaban J connectivity index is 1.71. The van der Waals surface area contributed by atoms with Crippen molar-refractivity contribution in [3.05, 3.63) is 139 Å². The fraction of sp³-hybridized carbons (Fsp3) is 0.0667. The average molecular weight is 457 g/mol. The van der Waals surface area contributed by atoms with E-state index in [9.17, 15) is 0 Å². The van der Waals surface area contributed by atoms with Gasteiger partial charge in [-0.3, -0.25) is 0 Å². The summed E-state index contributed by atoms with van der Waals surface area (Å²) in [5.74, 6) is 0. The van der Waals surface area contributed by atoms with Crippen LogP contribution in [0.15, 0.2) is 127 Å². The molecular weight excluding hydrogens is 433 g/mol. The fourth-order valence-electron chi connectivity index (χ4n) is 5.69. The minimum atomic E-state index is -3.09. The van der Waals surface area contributed by atoms with E-state index in [1.165, 1.54) is 25.5 Å². The summed E-state index contributed by atoms with van der Waals surface area (Å²) in [7, 11) is 0. The fourth-order valence-corrected chi connectivity index (χ4v) is 17.0. The summed E-state index contributed by atoms with van der Waals surface area (Å²) in [4.78, 5) is 0. The molecule has 0 saturated carbocycles. The van der Waals surface area contributed by atoms with Crippen LogP contribution in [0.3, 0.4) is 0 Å². The van der Waals surface area contributed by atoms with Gasteiger partial charge in [0, 0.05) is 0 Å². The Morgan fingerprint density at radius 2 is 1.13 bits per heavy atom. The van der Waals surface area contributed by atoms with Crippen LogP contribution >= 0.6 is 0 Å². The second kappa shape index (κ2) is 7.55. The van der Waals surface area contributed by atoms with Crippen molar-refractivity contribution in [3.8, 4) is 11.1 Å². The molecule has 0 aromatic heterocycles. The molecule has 0 saturated heterocycles. The standard InChI is InChI=1S/C30H24Ge/c1-3-13-24(14-4-1)31(26-17-8-9-18-26,25-15-5-2-6-16-25)30-21-11-20-28-27-19-10-7-12-23(27)22-29(28)30/h1-21,26H,22H2. The summed E-state index contributed by atoms with van der Waals surface area (Å²) in [5.41, 5.74) is 5.85. The van der Waals surface area contributed by atoms with Crippen molar-refractivity contribution < 1.29 is 0 Å². The molecule has 0 aliphatic heterocycles. The number of hydrogen-bond donors (Lipinski definition) is 0. The molecule has 4 aromatic rings.